The molecule has 0 bridgehead atoms. The maximum atomic E-state index is 13.4. The highest BCUT2D eigenvalue weighted by atomic mass is 16.5. The molecule has 1 fully saturated rings. The van der Waals surface area contributed by atoms with E-state index < -0.39 is 0 Å². The molecule has 0 radical (unpaired) electrons. The van der Waals surface area contributed by atoms with E-state index in [0.717, 1.165) is 22.8 Å². The number of ether oxygens (including phenoxy) is 1. The SMILES string of the molecule is CCOc1ccc(-n2c(C(C)NC3CCCCC3)nc3ccccc3c2=O)cc1. The molecule has 1 heterocycles. The van der Waals surface area contributed by atoms with Crippen molar-refractivity contribution in [3.63, 3.8) is 0 Å². The average Bonchev–Trinajstić information content (AvgIpc) is 2.75. The van der Waals surface area contributed by atoms with Crippen LogP contribution in [0.2, 0.25) is 0 Å². The molecule has 0 spiro atoms. The Labute approximate surface area is 171 Å². The second-order valence-electron chi connectivity index (χ2n) is 7.78. The topological polar surface area (TPSA) is 56.1 Å². The first kappa shape index (κ1) is 19.6. The molecule has 0 saturated heterocycles. The highest BCUT2D eigenvalue weighted by Crippen LogP contribution is 2.23. The van der Waals surface area contributed by atoms with Crippen molar-refractivity contribution in [1.82, 2.24) is 14.9 Å². The zero-order chi connectivity index (χ0) is 20.2. The van der Waals surface area contributed by atoms with Gasteiger partial charge in [-0.25, -0.2) is 4.98 Å². The van der Waals surface area contributed by atoms with E-state index in [1.165, 1.54) is 32.1 Å². The largest absolute Gasteiger partial charge is 0.494 e. The van der Waals surface area contributed by atoms with Gasteiger partial charge in [-0.1, -0.05) is 31.4 Å². The van der Waals surface area contributed by atoms with Gasteiger partial charge in [-0.2, -0.15) is 0 Å². The fourth-order valence-corrected chi connectivity index (χ4v) is 4.25. The molecular weight excluding hydrogens is 362 g/mol. The van der Waals surface area contributed by atoms with E-state index in [1.54, 1.807) is 4.57 Å². The average molecular weight is 392 g/mol. The molecule has 1 unspecified atom stereocenters. The third-order valence-electron chi connectivity index (χ3n) is 5.69. The van der Waals surface area contributed by atoms with Crippen LogP contribution in [-0.2, 0) is 0 Å². The number of fused-ring (bicyclic) bond motifs is 1. The second kappa shape index (κ2) is 8.78. The molecule has 1 saturated carbocycles. The maximum absolute atomic E-state index is 13.4. The molecule has 5 heteroatoms. The first-order valence-corrected chi connectivity index (χ1v) is 10.7. The van der Waals surface area contributed by atoms with Gasteiger partial charge in [-0.05, 0) is 63.1 Å². The lowest BCUT2D eigenvalue weighted by atomic mass is 9.95. The van der Waals surface area contributed by atoms with Crippen LogP contribution < -0.4 is 15.6 Å². The maximum Gasteiger partial charge on any atom is 0.266 e. The number of rotatable bonds is 6. The summed E-state index contributed by atoms with van der Waals surface area (Å²) in [6.45, 7) is 4.68. The lowest BCUT2D eigenvalue weighted by molar-refractivity contribution is 0.339. The number of hydrogen-bond acceptors (Lipinski definition) is 4. The van der Waals surface area contributed by atoms with E-state index in [9.17, 15) is 4.79 Å². The van der Waals surface area contributed by atoms with E-state index in [2.05, 4.69) is 12.2 Å². The Bertz CT molecular complexity index is 1020. The third-order valence-corrected chi connectivity index (χ3v) is 5.69. The van der Waals surface area contributed by atoms with Crippen LogP contribution in [0, 0.1) is 0 Å². The molecule has 5 nitrogen and oxygen atoms in total. The van der Waals surface area contributed by atoms with Crippen LogP contribution in [0.4, 0.5) is 0 Å². The van der Waals surface area contributed by atoms with Crippen molar-refractivity contribution in [3.05, 3.63) is 64.7 Å². The molecule has 1 N–H and O–H groups in total. The lowest BCUT2D eigenvalue weighted by Crippen LogP contribution is -2.36. The summed E-state index contributed by atoms with van der Waals surface area (Å²) in [4.78, 5) is 18.3. The minimum absolute atomic E-state index is 0.0259. The van der Waals surface area contributed by atoms with E-state index in [1.807, 2.05) is 55.5 Å². The fourth-order valence-electron chi connectivity index (χ4n) is 4.25. The first-order chi connectivity index (χ1) is 14.2. The van der Waals surface area contributed by atoms with Crippen LogP contribution in [0.25, 0.3) is 16.6 Å². The number of aromatic nitrogens is 2. The van der Waals surface area contributed by atoms with Gasteiger partial charge in [0.15, 0.2) is 0 Å². The Balaban J connectivity index is 1.78. The molecule has 1 aromatic heterocycles. The second-order valence-corrected chi connectivity index (χ2v) is 7.78. The van der Waals surface area contributed by atoms with E-state index in [-0.39, 0.29) is 11.6 Å². The predicted octanol–water partition coefficient (Wildman–Crippen LogP) is 4.77. The molecular formula is C24H29N3O2. The van der Waals surface area contributed by atoms with Gasteiger partial charge in [0.1, 0.15) is 11.6 Å². The lowest BCUT2D eigenvalue weighted by Gasteiger charge is -2.27. The zero-order valence-corrected chi connectivity index (χ0v) is 17.2. The van der Waals surface area contributed by atoms with Crippen molar-refractivity contribution in [2.45, 2.75) is 58.0 Å². The molecule has 1 aliphatic rings. The highest BCUT2D eigenvalue weighted by molar-refractivity contribution is 5.77. The smallest absolute Gasteiger partial charge is 0.266 e. The molecule has 2 aromatic carbocycles. The Hall–Kier alpha value is -2.66. The summed E-state index contributed by atoms with van der Waals surface area (Å²) in [7, 11) is 0. The Morgan fingerprint density at radius 3 is 2.55 bits per heavy atom. The minimum Gasteiger partial charge on any atom is -0.494 e. The van der Waals surface area contributed by atoms with E-state index >= 15 is 0 Å². The third kappa shape index (κ3) is 4.20. The number of nitrogens with zero attached hydrogens (tertiary/aromatic N) is 2. The van der Waals surface area contributed by atoms with Crippen molar-refractivity contribution in [2.24, 2.45) is 0 Å². The van der Waals surface area contributed by atoms with Crippen molar-refractivity contribution in [1.29, 1.82) is 0 Å². The Morgan fingerprint density at radius 2 is 1.83 bits per heavy atom. The molecule has 4 rings (SSSR count). The number of para-hydroxylation sites is 1. The fraction of sp³-hybridized carbons (Fsp3) is 0.417. The quantitative estimate of drug-likeness (QED) is 0.658. The Kier molecular flexibility index (Phi) is 5.95. The predicted molar refractivity (Wildman–Crippen MR) is 117 cm³/mol. The summed E-state index contributed by atoms with van der Waals surface area (Å²) in [6, 6.07) is 15.7. The molecule has 29 heavy (non-hydrogen) atoms. The molecule has 3 aromatic rings. The number of benzene rings is 2. The van der Waals surface area contributed by atoms with Crippen LogP contribution in [-0.4, -0.2) is 22.2 Å². The Morgan fingerprint density at radius 1 is 1.10 bits per heavy atom. The zero-order valence-electron chi connectivity index (χ0n) is 17.2. The molecule has 0 amide bonds. The van der Waals surface area contributed by atoms with Gasteiger partial charge in [0.25, 0.3) is 5.56 Å². The van der Waals surface area contributed by atoms with E-state index in [4.69, 9.17) is 9.72 Å². The molecule has 1 atom stereocenters. The van der Waals surface area contributed by atoms with Gasteiger partial charge in [-0.15, -0.1) is 0 Å². The monoisotopic (exact) mass is 391 g/mol. The number of hydrogen-bond donors (Lipinski definition) is 1. The van der Waals surface area contributed by atoms with Gasteiger partial charge < -0.3 is 10.1 Å². The summed E-state index contributed by atoms with van der Waals surface area (Å²) in [6.07, 6.45) is 6.22. The molecule has 0 aliphatic heterocycles. The number of nitrogens with one attached hydrogen (secondary N) is 1. The molecule has 152 valence electrons. The summed E-state index contributed by atoms with van der Waals surface area (Å²) in [5, 5.41) is 4.36. The van der Waals surface area contributed by atoms with Crippen LogP contribution in [0.5, 0.6) is 5.75 Å². The van der Waals surface area contributed by atoms with Crippen molar-refractivity contribution < 1.29 is 4.74 Å². The van der Waals surface area contributed by atoms with Crippen molar-refractivity contribution >= 4 is 10.9 Å². The van der Waals surface area contributed by atoms with Gasteiger partial charge in [0.05, 0.1) is 29.2 Å². The van der Waals surface area contributed by atoms with Crippen molar-refractivity contribution in [2.75, 3.05) is 6.61 Å². The van der Waals surface area contributed by atoms with Gasteiger partial charge in [0, 0.05) is 6.04 Å². The van der Waals surface area contributed by atoms with Crippen LogP contribution in [0.3, 0.4) is 0 Å². The van der Waals surface area contributed by atoms with Crippen LogP contribution in [0.15, 0.2) is 53.3 Å². The normalized spacial score (nSPS) is 16.1. The van der Waals surface area contributed by atoms with Crippen molar-refractivity contribution in [3.8, 4) is 11.4 Å². The van der Waals surface area contributed by atoms with Crippen LogP contribution >= 0.6 is 0 Å². The van der Waals surface area contributed by atoms with E-state index in [0.29, 0.717) is 18.0 Å². The summed E-state index contributed by atoms with van der Waals surface area (Å²) in [5.41, 5.74) is 1.52. The summed E-state index contributed by atoms with van der Waals surface area (Å²) < 4.78 is 7.31. The summed E-state index contributed by atoms with van der Waals surface area (Å²) in [5.74, 6) is 1.55. The van der Waals surface area contributed by atoms with Gasteiger partial charge in [-0.3, -0.25) is 9.36 Å². The summed E-state index contributed by atoms with van der Waals surface area (Å²) >= 11 is 0. The first-order valence-electron chi connectivity index (χ1n) is 10.7. The highest BCUT2D eigenvalue weighted by Gasteiger charge is 2.21. The van der Waals surface area contributed by atoms with Gasteiger partial charge in [0.2, 0.25) is 0 Å². The van der Waals surface area contributed by atoms with Gasteiger partial charge >= 0.3 is 0 Å². The minimum atomic E-state index is -0.0351. The van der Waals surface area contributed by atoms with Crippen LogP contribution in [0.1, 0.15) is 57.8 Å². The standard InChI is InChI=1S/C24H29N3O2/c1-3-29-20-15-13-19(14-16-20)27-23(17(2)25-18-9-5-4-6-10-18)26-22-12-8-7-11-21(22)24(27)28/h7-8,11-18,25H,3-6,9-10H2,1-2H3. The molecule has 1 aliphatic carbocycles.